The Hall–Kier alpha value is -2.97. The van der Waals surface area contributed by atoms with Gasteiger partial charge in [0.2, 0.25) is 0 Å². The van der Waals surface area contributed by atoms with Gasteiger partial charge in [-0.15, -0.1) is 23.5 Å². The average Bonchev–Trinajstić information content (AvgIpc) is 2.71. The van der Waals surface area contributed by atoms with Crippen LogP contribution in [0.25, 0.3) is 0 Å². The lowest BCUT2D eigenvalue weighted by atomic mass is 10.1. The molecule has 34 heavy (non-hydrogen) atoms. The second kappa shape index (κ2) is 10.5. The molecule has 2 aromatic rings. The highest BCUT2D eigenvalue weighted by molar-refractivity contribution is 8.00. The number of carbonyl (C=O) groups is 1. The van der Waals surface area contributed by atoms with Crippen molar-refractivity contribution >= 4 is 29.5 Å². The fourth-order valence-corrected chi connectivity index (χ4v) is 5.12. The van der Waals surface area contributed by atoms with Gasteiger partial charge in [-0.1, -0.05) is 0 Å². The second-order valence-corrected chi connectivity index (χ2v) is 8.88. The summed E-state index contributed by atoms with van der Waals surface area (Å²) in [5.41, 5.74) is -3.96. The zero-order chi connectivity index (χ0) is 25.8. The number of nitriles is 2. The highest BCUT2D eigenvalue weighted by Gasteiger charge is 2.37. The number of thioether (sulfide) groups is 2. The summed E-state index contributed by atoms with van der Waals surface area (Å²) in [4.78, 5) is 19.5. The number of aryl methyl sites for hydroxylation is 2. The summed E-state index contributed by atoms with van der Waals surface area (Å²) >= 11 is 1.23. The van der Waals surface area contributed by atoms with E-state index in [9.17, 15) is 46.8 Å². The summed E-state index contributed by atoms with van der Waals surface area (Å²) in [5.74, 6) is -3.29. The van der Waals surface area contributed by atoms with E-state index in [4.69, 9.17) is 0 Å². The van der Waals surface area contributed by atoms with Crippen molar-refractivity contribution in [1.82, 2.24) is 9.97 Å². The smallest absolute Gasteiger partial charge is 0.417 e. The molecule has 0 radical (unpaired) electrons. The van der Waals surface area contributed by atoms with Gasteiger partial charge >= 0.3 is 18.3 Å². The van der Waals surface area contributed by atoms with Crippen LogP contribution >= 0.6 is 23.5 Å². The predicted octanol–water partition coefficient (Wildman–Crippen LogP) is 5.46. The summed E-state index contributed by atoms with van der Waals surface area (Å²) in [7, 11) is 0. The van der Waals surface area contributed by atoms with Crippen molar-refractivity contribution in [1.29, 1.82) is 10.5 Å². The van der Waals surface area contributed by atoms with E-state index in [1.807, 2.05) is 0 Å². The number of pyridine rings is 2. The van der Waals surface area contributed by atoms with E-state index in [0.717, 1.165) is 0 Å². The van der Waals surface area contributed by atoms with Crippen molar-refractivity contribution < 1.29 is 36.2 Å². The number of aromatic nitrogens is 2. The standard InChI is InChI=1S/C20H14F6N4O2S2/c1-9-3-14(19(21,22)23)12(5-27)16(29-9)33-7-11(18(31)32)8-34-17-13(6-28)15(20(24,25)26)4-10(2)30-17/h3-4,11H,7-8H2,1-2H3,(H,31,32). The van der Waals surface area contributed by atoms with Crippen LogP contribution in [0.4, 0.5) is 26.3 Å². The third-order valence-electron chi connectivity index (χ3n) is 4.25. The van der Waals surface area contributed by atoms with E-state index in [0.29, 0.717) is 35.7 Å². The third kappa shape index (κ3) is 6.55. The van der Waals surface area contributed by atoms with Crippen LogP contribution in [0.3, 0.4) is 0 Å². The Morgan fingerprint density at radius 3 is 1.53 bits per heavy atom. The molecule has 2 rings (SSSR count). The van der Waals surface area contributed by atoms with Crippen LogP contribution in [0.2, 0.25) is 0 Å². The van der Waals surface area contributed by atoms with Crippen molar-refractivity contribution in [2.75, 3.05) is 11.5 Å². The molecule has 0 aliphatic heterocycles. The molecule has 0 aliphatic carbocycles. The fourth-order valence-electron chi connectivity index (χ4n) is 2.71. The molecule has 0 aromatic carbocycles. The van der Waals surface area contributed by atoms with Gasteiger partial charge in [-0.05, 0) is 26.0 Å². The van der Waals surface area contributed by atoms with Crippen molar-refractivity contribution in [2.45, 2.75) is 36.3 Å². The quantitative estimate of drug-likeness (QED) is 0.379. The first-order chi connectivity index (χ1) is 15.7. The van der Waals surface area contributed by atoms with E-state index in [2.05, 4.69) is 9.97 Å². The maximum Gasteiger partial charge on any atom is 0.417 e. The highest BCUT2D eigenvalue weighted by atomic mass is 32.2. The van der Waals surface area contributed by atoms with E-state index in [-0.39, 0.29) is 32.9 Å². The predicted molar refractivity (Wildman–Crippen MR) is 110 cm³/mol. The molecule has 0 unspecified atom stereocenters. The Morgan fingerprint density at radius 2 is 1.26 bits per heavy atom. The monoisotopic (exact) mass is 520 g/mol. The molecule has 0 saturated heterocycles. The van der Waals surface area contributed by atoms with Crippen LogP contribution in [0, 0.1) is 42.4 Å². The zero-order valence-electron chi connectivity index (χ0n) is 17.4. The maximum atomic E-state index is 13.3. The first kappa shape index (κ1) is 27.3. The van der Waals surface area contributed by atoms with Gasteiger partial charge in [-0.2, -0.15) is 36.9 Å². The largest absolute Gasteiger partial charge is 0.481 e. The van der Waals surface area contributed by atoms with Gasteiger partial charge < -0.3 is 5.11 Å². The Bertz CT molecular complexity index is 1100. The van der Waals surface area contributed by atoms with Gasteiger partial charge in [-0.3, -0.25) is 4.79 Å². The topological polar surface area (TPSA) is 111 Å². The van der Waals surface area contributed by atoms with Crippen molar-refractivity contribution in [3.8, 4) is 12.1 Å². The molecule has 2 aromatic heterocycles. The minimum Gasteiger partial charge on any atom is -0.481 e. The van der Waals surface area contributed by atoms with E-state index in [1.165, 1.54) is 26.0 Å². The first-order valence-corrected chi connectivity index (χ1v) is 11.1. The molecule has 6 nitrogen and oxygen atoms in total. The third-order valence-corrected chi connectivity index (χ3v) is 6.53. The lowest BCUT2D eigenvalue weighted by Crippen LogP contribution is -2.20. The summed E-state index contributed by atoms with van der Waals surface area (Å²) < 4.78 is 79.5. The summed E-state index contributed by atoms with van der Waals surface area (Å²) in [6, 6.07) is 4.30. The fraction of sp³-hybridized carbons (Fsp3) is 0.350. The number of hydrogen-bond acceptors (Lipinski definition) is 7. The normalized spacial score (nSPS) is 11.9. The van der Waals surface area contributed by atoms with Crippen LogP contribution in [0.1, 0.15) is 33.6 Å². The second-order valence-electron chi connectivity index (χ2n) is 6.86. The summed E-state index contributed by atoms with van der Waals surface area (Å²) in [6.07, 6.45) is -9.65. The van der Waals surface area contributed by atoms with Gasteiger partial charge in [0.25, 0.3) is 0 Å². The van der Waals surface area contributed by atoms with Gasteiger partial charge in [-0.25, -0.2) is 9.97 Å². The zero-order valence-corrected chi connectivity index (χ0v) is 19.0. The van der Waals surface area contributed by atoms with Crippen LogP contribution < -0.4 is 0 Å². The molecule has 0 saturated carbocycles. The molecule has 1 N–H and O–H groups in total. The van der Waals surface area contributed by atoms with Crippen LogP contribution in [-0.2, 0) is 17.1 Å². The molecule has 0 fully saturated rings. The number of carboxylic acids is 1. The van der Waals surface area contributed by atoms with Crippen molar-refractivity contribution in [2.24, 2.45) is 5.92 Å². The molecule has 180 valence electrons. The van der Waals surface area contributed by atoms with Gasteiger partial charge in [0, 0.05) is 22.9 Å². The molecule has 0 aliphatic rings. The number of carboxylic acid groups (broad SMARTS) is 1. The number of nitrogens with zero attached hydrogens (tertiary/aromatic N) is 4. The molecule has 2 heterocycles. The van der Waals surface area contributed by atoms with Crippen LogP contribution in [0.5, 0.6) is 0 Å². The van der Waals surface area contributed by atoms with Crippen LogP contribution in [-0.4, -0.2) is 32.5 Å². The first-order valence-electron chi connectivity index (χ1n) is 9.15. The van der Waals surface area contributed by atoms with Crippen LogP contribution in [0.15, 0.2) is 22.2 Å². The number of rotatable bonds is 7. The minimum absolute atomic E-state index is 0.0302. The molecular formula is C20H14F6N4O2S2. The molecule has 0 atom stereocenters. The molecule has 0 bridgehead atoms. The Kier molecular flexibility index (Phi) is 8.45. The van der Waals surface area contributed by atoms with E-state index >= 15 is 0 Å². The SMILES string of the molecule is Cc1cc(C(F)(F)F)c(C#N)c(SCC(CSc2nc(C)cc(C(F)(F)F)c2C#N)C(=O)O)n1. The molecule has 0 spiro atoms. The lowest BCUT2D eigenvalue weighted by molar-refractivity contribution is -0.140. The van der Waals surface area contributed by atoms with Gasteiger partial charge in [0.05, 0.1) is 28.2 Å². The number of alkyl halides is 6. The maximum absolute atomic E-state index is 13.3. The Balaban J connectivity index is 2.30. The lowest BCUT2D eigenvalue weighted by Gasteiger charge is -2.16. The van der Waals surface area contributed by atoms with Gasteiger partial charge in [0.1, 0.15) is 22.2 Å². The number of halogens is 6. The highest BCUT2D eigenvalue weighted by Crippen LogP contribution is 2.38. The molecule has 14 heteroatoms. The Labute approximate surface area is 198 Å². The van der Waals surface area contributed by atoms with E-state index in [1.54, 1.807) is 0 Å². The number of hydrogen-bond donors (Lipinski definition) is 1. The summed E-state index contributed by atoms with van der Waals surface area (Å²) in [6.45, 7) is 2.58. The minimum atomic E-state index is -4.82. The van der Waals surface area contributed by atoms with Gasteiger partial charge in [0.15, 0.2) is 0 Å². The Morgan fingerprint density at radius 1 is 0.912 bits per heavy atom. The summed E-state index contributed by atoms with van der Waals surface area (Å²) in [5, 5.41) is 27.3. The molecule has 0 amide bonds. The average molecular weight is 520 g/mol. The van der Waals surface area contributed by atoms with Crippen molar-refractivity contribution in [3.63, 3.8) is 0 Å². The van der Waals surface area contributed by atoms with Crippen molar-refractivity contribution in [3.05, 3.63) is 45.8 Å². The van der Waals surface area contributed by atoms with E-state index < -0.39 is 46.5 Å². The molecular weight excluding hydrogens is 506 g/mol. The number of aliphatic carboxylic acids is 1.